The normalized spacial score (nSPS) is 10.6. The van der Waals surface area contributed by atoms with Crippen LogP contribution in [0.2, 0.25) is 0 Å². The number of benzene rings is 1. The molecule has 124 valence electrons. The fraction of sp³-hybridized carbons (Fsp3) is 0.222. The van der Waals surface area contributed by atoms with Crippen molar-refractivity contribution < 1.29 is 0 Å². The number of nitrogens with zero attached hydrogens (tertiary/aromatic N) is 1. The maximum Gasteiger partial charge on any atom is 0.171 e. The van der Waals surface area contributed by atoms with Crippen LogP contribution in [0.25, 0.3) is 10.6 Å². The minimum atomic E-state index is 0.638. The maximum atomic E-state index is 5.37. The fourth-order valence-corrected chi connectivity index (χ4v) is 4.04. The zero-order valence-electron chi connectivity index (χ0n) is 13.6. The van der Waals surface area contributed by atoms with Crippen molar-refractivity contribution in [1.29, 1.82) is 0 Å². The zero-order chi connectivity index (χ0) is 16.9. The summed E-state index contributed by atoms with van der Waals surface area (Å²) >= 11 is 8.80. The second kappa shape index (κ2) is 7.88. The van der Waals surface area contributed by atoms with Crippen molar-refractivity contribution in [3.8, 4) is 10.6 Å². The van der Waals surface area contributed by atoms with Gasteiger partial charge in [-0.3, -0.25) is 0 Å². The van der Waals surface area contributed by atoms with Gasteiger partial charge in [0.05, 0.1) is 22.1 Å². The van der Waals surface area contributed by atoms with E-state index >= 15 is 0 Å². The Balaban J connectivity index is 1.53. The van der Waals surface area contributed by atoms with E-state index in [1.54, 1.807) is 22.7 Å². The number of hydrogen-bond acceptors (Lipinski definition) is 4. The van der Waals surface area contributed by atoms with Gasteiger partial charge in [0, 0.05) is 15.9 Å². The monoisotopic (exact) mass is 373 g/mol. The first kappa shape index (κ1) is 17.1. The number of thiophene rings is 1. The van der Waals surface area contributed by atoms with Gasteiger partial charge < -0.3 is 10.6 Å². The Bertz CT molecular complexity index is 818. The van der Waals surface area contributed by atoms with E-state index in [2.05, 4.69) is 64.3 Å². The molecule has 0 amide bonds. The van der Waals surface area contributed by atoms with Crippen LogP contribution in [-0.4, -0.2) is 10.1 Å². The highest BCUT2D eigenvalue weighted by atomic mass is 32.1. The summed E-state index contributed by atoms with van der Waals surface area (Å²) < 4.78 is 0. The summed E-state index contributed by atoms with van der Waals surface area (Å²) in [6.07, 6.45) is 1.04. The van der Waals surface area contributed by atoms with Crippen LogP contribution in [0.3, 0.4) is 0 Å². The summed E-state index contributed by atoms with van der Waals surface area (Å²) in [6, 6.07) is 12.6. The van der Waals surface area contributed by atoms with E-state index in [4.69, 9.17) is 12.2 Å². The summed E-state index contributed by atoms with van der Waals surface area (Å²) in [5.41, 5.74) is 3.39. The summed E-state index contributed by atoms with van der Waals surface area (Å²) in [7, 11) is 0. The molecule has 0 aliphatic heterocycles. The van der Waals surface area contributed by atoms with Gasteiger partial charge in [-0.1, -0.05) is 19.1 Å². The average Bonchev–Trinajstić information content (AvgIpc) is 3.22. The van der Waals surface area contributed by atoms with Crippen molar-refractivity contribution >= 4 is 45.7 Å². The van der Waals surface area contributed by atoms with Crippen LogP contribution in [0.15, 0.2) is 41.8 Å². The summed E-state index contributed by atoms with van der Waals surface area (Å²) in [5.74, 6) is 0. The molecule has 1 aromatic carbocycles. The van der Waals surface area contributed by atoms with Gasteiger partial charge in [0.25, 0.3) is 0 Å². The van der Waals surface area contributed by atoms with Gasteiger partial charge in [0.2, 0.25) is 0 Å². The van der Waals surface area contributed by atoms with Crippen LogP contribution in [0.5, 0.6) is 0 Å². The van der Waals surface area contributed by atoms with E-state index < -0.39 is 0 Å². The molecule has 24 heavy (non-hydrogen) atoms. The summed E-state index contributed by atoms with van der Waals surface area (Å²) in [5, 5.41) is 10.3. The molecule has 0 spiro atoms. The van der Waals surface area contributed by atoms with Crippen molar-refractivity contribution in [2.75, 3.05) is 5.32 Å². The lowest BCUT2D eigenvalue weighted by molar-refractivity contribution is 0.946. The van der Waals surface area contributed by atoms with Crippen LogP contribution >= 0.6 is 34.9 Å². The Hall–Kier alpha value is -1.76. The third-order valence-corrected chi connectivity index (χ3v) is 5.70. The van der Waals surface area contributed by atoms with Gasteiger partial charge in [-0.05, 0) is 55.4 Å². The number of anilines is 1. The fourth-order valence-electron chi connectivity index (χ4n) is 2.25. The maximum absolute atomic E-state index is 5.37. The predicted octanol–water partition coefficient (Wildman–Crippen LogP) is 5.23. The first-order valence-electron chi connectivity index (χ1n) is 7.79. The molecule has 2 heterocycles. The SMILES string of the molecule is CCc1ccc(NC(=S)NCc2ccc(-c3csc(C)n3)s2)cc1. The minimum absolute atomic E-state index is 0.638. The van der Waals surface area contributed by atoms with Crippen molar-refractivity contribution in [2.24, 2.45) is 0 Å². The number of rotatable bonds is 5. The first-order chi connectivity index (χ1) is 11.6. The molecule has 0 atom stereocenters. The third kappa shape index (κ3) is 4.41. The van der Waals surface area contributed by atoms with Gasteiger partial charge in [-0.25, -0.2) is 4.98 Å². The van der Waals surface area contributed by atoms with Crippen LogP contribution in [0.1, 0.15) is 22.4 Å². The highest BCUT2D eigenvalue weighted by Gasteiger charge is 2.06. The standard InChI is InChI=1S/C18H19N3S3/c1-3-13-4-6-14(7-5-13)21-18(22)19-10-15-8-9-17(24-15)16-11-23-12(2)20-16/h4-9,11H,3,10H2,1-2H3,(H2,19,21,22). The van der Waals surface area contributed by atoms with Gasteiger partial charge >= 0.3 is 0 Å². The summed E-state index contributed by atoms with van der Waals surface area (Å²) in [6.45, 7) is 4.89. The molecule has 3 nitrogen and oxygen atoms in total. The van der Waals surface area contributed by atoms with E-state index in [0.717, 1.165) is 22.8 Å². The molecular weight excluding hydrogens is 354 g/mol. The molecule has 2 N–H and O–H groups in total. The number of thiocarbonyl (C=S) groups is 1. The van der Waals surface area contributed by atoms with Crippen LogP contribution < -0.4 is 10.6 Å². The van der Waals surface area contributed by atoms with Gasteiger partial charge in [0.15, 0.2) is 5.11 Å². The molecule has 0 unspecified atom stereocenters. The summed E-state index contributed by atoms with van der Waals surface area (Å²) in [4.78, 5) is 6.97. The molecule has 0 saturated carbocycles. The average molecular weight is 374 g/mol. The Morgan fingerprint density at radius 3 is 2.62 bits per heavy atom. The number of thiazole rings is 1. The Morgan fingerprint density at radius 1 is 1.17 bits per heavy atom. The van der Waals surface area contributed by atoms with E-state index in [-0.39, 0.29) is 0 Å². The number of aromatic nitrogens is 1. The predicted molar refractivity (Wildman–Crippen MR) is 109 cm³/mol. The minimum Gasteiger partial charge on any atom is -0.358 e. The van der Waals surface area contributed by atoms with Gasteiger partial charge in [-0.2, -0.15) is 0 Å². The smallest absolute Gasteiger partial charge is 0.171 e. The second-order valence-electron chi connectivity index (χ2n) is 5.38. The van der Waals surface area contributed by atoms with E-state index in [1.165, 1.54) is 15.3 Å². The highest BCUT2D eigenvalue weighted by molar-refractivity contribution is 7.80. The largest absolute Gasteiger partial charge is 0.358 e. The Kier molecular flexibility index (Phi) is 5.60. The molecule has 0 aliphatic carbocycles. The molecule has 0 aliphatic rings. The molecule has 2 aromatic heterocycles. The molecule has 0 fully saturated rings. The van der Waals surface area contributed by atoms with Gasteiger partial charge in [-0.15, -0.1) is 22.7 Å². The molecule has 6 heteroatoms. The molecule has 3 rings (SSSR count). The first-order valence-corrected chi connectivity index (χ1v) is 9.89. The lowest BCUT2D eigenvalue weighted by Gasteiger charge is -2.10. The lowest BCUT2D eigenvalue weighted by Crippen LogP contribution is -2.27. The van der Waals surface area contributed by atoms with E-state index in [0.29, 0.717) is 11.7 Å². The number of aryl methyl sites for hydroxylation is 2. The Morgan fingerprint density at radius 2 is 1.96 bits per heavy atom. The number of hydrogen-bond donors (Lipinski definition) is 2. The molecular formula is C18H19N3S3. The molecule has 0 saturated heterocycles. The third-order valence-electron chi connectivity index (χ3n) is 3.58. The molecule has 0 bridgehead atoms. The van der Waals surface area contributed by atoms with Crippen molar-refractivity contribution in [3.05, 3.63) is 57.2 Å². The van der Waals surface area contributed by atoms with Crippen LogP contribution in [0.4, 0.5) is 5.69 Å². The van der Waals surface area contributed by atoms with Crippen LogP contribution in [-0.2, 0) is 13.0 Å². The van der Waals surface area contributed by atoms with E-state index in [9.17, 15) is 0 Å². The highest BCUT2D eigenvalue weighted by Crippen LogP contribution is 2.28. The van der Waals surface area contributed by atoms with Crippen molar-refractivity contribution in [2.45, 2.75) is 26.8 Å². The second-order valence-corrected chi connectivity index (χ2v) is 8.01. The number of nitrogens with one attached hydrogen (secondary N) is 2. The molecule has 0 radical (unpaired) electrons. The van der Waals surface area contributed by atoms with E-state index in [1.807, 2.05) is 6.92 Å². The lowest BCUT2D eigenvalue weighted by atomic mass is 10.1. The Labute approximate surface area is 155 Å². The quantitative estimate of drug-likeness (QED) is 0.601. The van der Waals surface area contributed by atoms with Crippen LogP contribution in [0, 0.1) is 6.92 Å². The topological polar surface area (TPSA) is 37.0 Å². The van der Waals surface area contributed by atoms with Crippen molar-refractivity contribution in [1.82, 2.24) is 10.3 Å². The molecule has 3 aromatic rings. The van der Waals surface area contributed by atoms with Crippen molar-refractivity contribution in [3.63, 3.8) is 0 Å². The zero-order valence-corrected chi connectivity index (χ0v) is 16.1. The van der Waals surface area contributed by atoms with Gasteiger partial charge in [0.1, 0.15) is 0 Å².